The first kappa shape index (κ1) is 18.1. The second kappa shape index (κ2) is 7.73. The Morgan fingerprint density at radius 2 is 1.86 bits per heavy atom. The highest BCUT2D eigenvalue weighted by atomic mass is 16.3. The van der Waals surface area contributed by atoms with Crippen LogP contribution in [0.5, 0.6) is 5.75 Å². The molecule has 4 aromatic rings. The van der Waals surface area contributed by atoms with Crippen molar-refractivity contribution in [3.05, 3.63) is 101 Å². The molecule has 0 saturated carbocycles. The van der Waals surface area contributed by atoms with Gasteiger partial charge in [-0.1, -0.05) is 48.0 Å². The lowest BCUT2D eigenvalue weighted by atomic mass is 10.0. The van der Waals surface area contributed by atoms with E-state index in [9.17, 15) is 5.11 Å². The highest BCUT2D eigenvalue weighted by molar-refractivity contribution is 5.87. The van der Waals surface area contributed by atoms with Crippen molar-refractivity contribution in [2.45, 2.75) is 26.8 Å². The average molecular weight is 368 g/mol. The van der Waals surface area contributed by atoms with E-state index in [0.29, 0.717) is 5.75 Å². The summed E-state index contributed by atoms with van der Waals surface area (Å²) in [4.78, 5) is 4.24. The number of hydrogen-bond donors (Lipinski definition) is 1. The second-order valence-electron chi connectivity index (χ2n) is 7.23. The number of phenols is 1. The Morgan fingerprint density at radius 3 is 2.61 bits per heavy atom. The monoisotopic (exact) mass is 368 g/mol. The normalized spacial score (nSPS) is 11.5. The van der Waals surface area contributed by atoms with Gasteiger partial charge in [0.15, 0.2) is 0 Å². The largest absolute Gasteiger partial charge is 0.508 e. The van der Waals surface area contributed by atoms with Crippen molar-refractivity contribution in [2.24, 2.45) is 0 Å². The van der Waals surface area contributed by atoms with Gasteiger partial charge in [0.05, 0.1) is 0 Å². The zero-order valence-electron chi connectivity index (χ0n) is 16.3. The van der Waals surface area contributed by atoms with Crippen molar-refractivity contribution in [3.63, 3.8) is 0 Å². The molecule has 2 heterocycles. The minimum Gasteiger partial charge on any atom is -0.508 e. The number of pyridine rings is 1. The average Bonchev–Trinajstić information content (AvgIpc) is 2.95. The number of hydrogen-bond acceptors (Lipinski definition) is 2. The van der Waals surface area contributed by atoms with Gasteiger partial charge in [-0.15, -0.1) is 0 Å². The van der Waals surface area contributed by atoms with Crippen molar-refractivity contribution in [2.75, 3.05) is 0 Å². The number of benzene rings is 2. The quantitative estimate of drug-likeness (QED) is 0.493. The third-order valence-electron chi connectivity index (χ3n) is 5.22. The molecule has 0 aliphatic rings. The molecule has 2 aromatic carbocycles. The Morgan fingerprint density at radius 1 is 1.04 bits per heavy atom. The van der Waals surface area contributed by atoms with Crippen LogP contribution in [-0.4, -0.2) is 14.7 Å². The first-order valence-electron chi connectivity index (χ1n) is 9.54. The van der Waals surface area contributed by atoms with Crippen LogP contribution in [-0.2, 0) is 13.0 Å². The number of allylic oxidation sites excluding steroid dienone is 1. The Bertz CT molecular complexity index is 1120. The predicted octanol–water partition coefficient (Wildman–Crippen LogP) is 5.66. The topological polar surface area (TPSA) is 38.0 Å². The predicted molar refractivity (Wildman–Crippen MR) is 116 cm³/mol. The van der Waals surface area contributed by atoms with E-state index in [1.807, 2.05) is 24.4 Å². The fourth-order valence-electron chi connectivity index (χ4n) is 3.68. The fourth-order valence-corrected chi connectivity index (χ4v) is 3.68. The van der Waals surface area contributed by atoms with Crippen molar-refractivity contribution in [1.29, 1.82) is 0 Å². The van der Waals surface area contributed by atoms with Gasteiger partial charge < -0.3 is 9.67 Å². The van der Waals surface area contributed by atoms with Gasteiger partial charge in [-0.2, -0.15) is 0 Å². The molecule has 4 rings (SSSR count). The van der Waals surface area contributed by atoms with Crippen LogP contribution in [0, 0.1) is 13.8 Å². The van der Waals surface area contributed by atoms with Crippen LogP contribution in [0.25, 0.3) is 17.0 Å². The second-order valence-corrected chi connectivity index (χ2v) is 7.23. The van der Waals surface area contributed by atoms with Gasteiger partial charge in [-0.3, -0.25) is 4.98 Å². The van der Waals surface area contributed by atoms with Crippen LogP contribution in [0.1, 0.15) is 27.9 Å². The van der Waals surface area contributed by atoms with Gasteiger partial charge in [0, 0.05) is 42.0 Å². The molecule has 28 heavy (non-hydrogen) atoms. The third kappa shape index (κ3) is 3.70. The molecule has 0 fully saturated rings. The van der Waals surface area contributed by atoms with Gasteiger partial charge in [0.25, 0.3) is 0 Å². The molecule has 0 bridgehead atoms. The molecule has 3 heteroatoms. The van der Waals surface area contributed by atoms with E-state index < -0.39 is 0 Å². The summed E-state index contributed by atoms with van der Waals surface area (Å²) in [7, 11) is 0. The molecule has 2 aromatic heterocycles. The van der Waals surface area contributed by atoms with E-state index in [1.165, 1.54) is 27.9 Å². The van der Waals surface area contributed by atoms with E-state index in [2.05, 4.69) is 65.9 Å². The summed E-state index contributed by atoms with van der Waals surface area (Å²) in [6.07, 6.45) is 8.85. The first-order valence-corrected chi connectivity index (χ1v) is 9.54. The molecule has 0 atom stereocenters. The molecule has 0 unspecified atom stereocenters. The van der Waals surface area contributed by atoms with Crippen LogP contribution in [0.2, 0.25) is 0 Å². The van der Waals surface area contributed by atoms with Crippen LogP contribution < -0.4 is 0 Å². The van der Waals surface area contributed by atoms with E-state index in [1.54, 1.807) is 12.3 Å². The summed E-state index contributed by atoms with van der Waals surface area (Å²) in [5.74, 6) is 0.298. The number of aromatic nitrogens is 2. The molecule has 1 N–H and O–H groups in total. The Labute approximate surface area is 165 Å². The lowest BCUT2D eigenvalue weighted by Gasteiger charge is -2.06. The lowest BCUT2D eigenvalue weighted by molar-refractivity contribution is 0.476. The number of rotatable bonds is 5. The fraction of sp³-hybridized carbons (Fsp3) is 0.160. The molecule has 0 amide bonds. The van der Waals surface area contributed by atoms with Crippen LogP contribution >= 0.6 is 0 Å². The molecule has 0 aliphatic heterocycles. The van der Waals surface area contributed by atoms with Crippen molar-refractivity contribution >= 4 is 17.0 Å². The van der Waals surface area contributed by atoms with Gasteiger partial charge in [0.1, 0.15) is 5.75 Å². The van der Waals surface area contributed by atoms with E-state index in [0.717, 1.165) is 23.9 Å². The number of phenolic OH excluding ortho intramolecular Hbond substituents is 1. The maximum Gasteiger partial charge on any atom is 0.116 e. The summed E-state index contributed by atoms with van der Waals surface area (Å²) in [6.45, 7) is 5.04. The third-order valence-corrected chi connectivity index (χ3v) is 5.22. The maximum atomic E-state index is 10.0. The zero-order chi connectivity index (χ0) is 19.5. The van der Waals surface area contributed by atoms with Gasteiger partial charge in [-0.25, -0.2) is 0 Å². The molecule has 3 nitrogen and oxygen atoms in total. The van der Waals surface area contributed by atoms with Crippen LogP contribution in [0.3, 0.4) is 0 Å². The van der Waals surface area contributed by atoms with E-state index in [-0.39, 0.29) is 0 Å². The lowest BCUT2D eigenvalue weighted by Crippen LogP contribution is -1.99. The van der Waals surface area contributed by atoms with Gasteiger partial charge in [-0.05, 0) is 54.8 Å². The number of aromatic hydroxyl groups is 1. The Hall–Kier alpha value is -3.33. The first-order chi connectivity index (χ1) is 13.6. The Balaban J connectivity index is 1.69. The van der Waals surface area contributed by atoms with E-state index in [4.69, 9.17) is 0 Å². The van der Waals surface area contributed by atoms with Crippen LogP contribution in [0.15, 0.2) is 73.1 Å². The Kier molecular flexibility index (Phi) is 4.98. The number of aryl methyl sites for hydroxylation is 1. The molecule has 0 aliphatic carbocycles. The van der Waals surface area contributed by atoms with Gasteiger partial charge in [0.2, 0.25) is 0 Å². The van der Waals surface area contributed by atoms with Crippen molar-refractivity contribution in [3.8, 4) is 5.75 Å². The summed E-state index contributed by atoms with van der Waals surface area (Å²) in [6, 6.07) is 18.2. The minimum absolute atomic E-state index is 0.298. The summed E-state index contributed by atoms with van der Waals surface area (Å²) < 4.78 is 2.31. The molecule has 0 radical (unpaired) electrons. The molecule has 0 spiro atoms. The zero-order valence-corrected chi connectivity index (χ0v) is 16.3. The van der Waals surface area contributed by atoms with E-state index >= 15 is 0 Å². The van der Waals surface area contributed by atoms with Crippen molar-refractivity contribution < 1.29 is 5.11 Å². The summed E-state index contributed by atoms with van der Waals surface area (Å²) in [5, 5.41) is 11.1. The molecular weight excluding hydrogens is 344 g/mol. The number of nitrogens with zero attached hydrogens (tertiary/aromatic N) is 2. The molecule has 140 valence electrons. The summed E-state index contributed by atoms with van der Waals surface area (Å²) in [5.41, 5.74) is 7.24. The molecular formula is C25H24N2O. The molecule has 0 saturated heterocycles. The van der Waals surface area contributed by atoms with Crippen molar-refractivity contribution in [1.82, 2.24) is 9.55 Å². The number of fused-ring (bicyclic) bond motifs is 1. The van der Waals surface area contributed by atoms with Gasteiger partial charge >= 0.3 is 0 Å². The summed E-state index contributed by atoms with van der Waals surface area (Å²) >= 11 is 0. The SMILES string of the molecule is Cc1ccc(/C=C/Cn2c(C)c(Cc3cccnc3)c3cc(O)ccc32)cc1. The van der Waals surface area contributed by atoms with Crippen LogP contribution in [0.4, 0.5) is 0 Å². The highest BCUT2D eigenvalue weighted by Gasteiger charge is 2.14. The maximum absolute atomic E-state index is 10.0. The standard InChI is InChI=1S/C25H24N2O/c1-18-7-9-20(10-8-18)6-4-14-27-19(2)23(15-21-5-3-13-26-17-21)24-16-22(28)11-12-25(24)27/h3-13,16-17,28H,14-15H2,1-2H3/b6-4+. The minimum atomic E-state index is 0.298. The smallest absolute Gasteiger partial charge is 0.116 e. The highest BCUT2D eigenvalue weighted by Crippen LogP contribution is 2.30.